The van der Waals surface area contributed by atoms with Crippen LogP contribution in [0.3, 0.4) is 0 Å². The van der Waals surface area contributed by atoms with Gasteiger partial charge >= 0.3 is 6.18 Å². The maximum Gasteiger partial charge on any atom is 0.416 e. The van der Waals surface area contributed by atoms with Crippen LogP contribution in [-0.4, -0.2) is 40.0 Å². The fraction of sp³-hybridized carbons (Fsp3) is 0.308. The van der Waals surface area contributed by atoms with Crippen molar-refractivity contribution >= 4 is 63.0 Å². The summed E-state index contributed by atoms with van der Waals surface area (Å²) in [4.78, 5) is 42.4. The van der Waals surface area contributed by atoms with Gasteiger partial charge in [0.15, 0.2) is 0 Å². The predicted octanol–water partition coefficient (Wildman–Crippen LogP) is 5.84. The highest BCUT2D eigenvalue weighted by Crippen LogP contribution is 2.44. The topological polar surface area (TPSA) is 69.7 Å². The van der Waals surface area contributed by atoms with Gasteiger partial charge in [0, 0.05) is 17.8 Å². The third-order valence-electron chi connectivity index (χ3n) is 6.01. The Labute approximate surface area is 221 Å². The molecule has 1 saturated heterocycles. The van der Waals surface area contributed by atoms with Crippen molar-refractivity contribution in [1.29, 1.82) is 0 Å². The average Bonchev–Trinajstić information content (AvgIpc) is 3.28. The first kappa shape index (κ1) is 26.9. The van der Waals surface area contributed by atoms with E-state index in [-0.39, 0.29) is 22.1 Å². The van der Waals surface area contributed by atoms with E-state index in [9.17, 15) is 27.6 Å². The lowest BCUT2D eigenvalue weighted by Crippen LogP contribution is -2.35. The van der Waals surface area contributed by atoms with Gasteiger partial charge in [-0.2, -0.15) is 13.2 Å². The van der Waals surface area contributed by atoms with Crippen LogP contribution in [-0.2, 0) is 20.6 Å². The van der Waals surface area contributed by atoms with E-state index in [2.05, 4.69) is 12.2 Å². The lowest BCUT2D eigenvalue weighted by molar-refractivity contribution is -0.137. The van der Waals surface area contributed by atoms with Crippen molar-refractivity contribution in [2.75, 3.05) is 23.3 Å². The highest BCUT2D eigenvalue weighted by Gasteiger charge is 2.42. The molecule has 2 aromatic rings. The van der Waals surface area contributed by atoms with Gasteiger partial charge in [-0.25, -0.2) is 0 Å². The molecule has 0 saturated carbocycles. The summed E-state index contributed by atoms with van der Waals surface area (Å²) < 4.78 is 39.4. The summed E-state index contributed by atoms with van der Waals surface area (Å²) in [5.41, 5.74) is 0.187. The Balaban J connectivity index is 1.56. The monoisotopic (exact) mass is 547 g/mol. The number of carbonyl (C=O) groups excluding carboxylic acids is 3. The highest BCUT2D eigenvalue weighted by atomic mass is 32.2. The molecule has 2 aromatic carbocycles. The van der Waals surface area contributed by atoms with Gasteiger partial charge in [-0.1, -0.05) is 74.4 Å². The Bertz CT molecular complexity index is 1290. The molecule has 1 N–H and O–H groups in total. The Morgan fingerprint density at radius 1 is 1.00 bits per heavy atom. The van der Waals surface area contributed by atoms with Gasteiger partial charge in [-0.05, 0) is 30.7 Å². The maximum absolute atomic E-state index is 13.5. The summed E-state index contributed by atoms with van der Waals surface area (Å²) >= 11 is 6.49. The van der Waals surface area contributed by atoms with Crippen LogP contribution in [0.4, 0.5) is 24.5 Å². The first-order valence-electron chi connectivity index (χ1n) is 11.8. The zero-order valence-electron chi connectivity index (χ0n) is 19.9. The molecular formula is C26H24F3N3O3S2. The molecule has 11 heteroatoms. The van der Waals surface area contributed by atoms with Crippen LogP contribution in [0.5, 0.6) is 0 Å². The zero-order chi connectivity index (χ0) is 26.7. The molecule has 0 radical (unpaired) electrons. The second-order valence-electron chi connectivity index (χ2n) is 8.62. The number of hydrogen-bond donors (Lipinski definition) is 1. The minimum Gasteiger partial charge on any atom is -0.325 e. The standard InChI is InChI=1S/C26H24F3N3O3S2/c1-2-3-4-7-13-31-24(35)22(37-25(31)36)21-18-11-5-6-12-19(18)32(23(21)34)15-20(33)30-17-10-8-9-16(14-17)26(27,28)29/h5-6,8-12,14H,2-4,7,13,15H2,1H3,(H,30,33). The van der Waals surface area contributed by atoms with Crippen molar-refractivity contribution in [2.45, 2.75) is 38.8 Å². The lowest BCUT2D eigenvalue weighted by Gasteiger charge is -2.17. The van der Waals surface area contributed by atoms with Gasteiger partial charge in [0.2, 0.25) is 5.91 Å². The Kier molecular flexibility index (Phi) is 8.03. The van der Waals surface area contributed by atoms with Gasteiger partial charge in [-0.15, -0.1) is 0 Å². The van der Waals surface area contributed by atoms with E-state index in [1.165, 1.54) is 21.9 Å². The molecule has 194 valence electrons. The lowest BCUT2D eigenvalue weighted by atomic mass is 10.1. The second-order valence-corrected chi connectivity index (χ2v) is 10.3. The molecule has 0 aromatic heterocycles. The first-order valence-corrected chi connectivity index (χ1v) is 13.0. The fourth-order valence-electron chi connectivity index (χ4n) is 4.21. The van der Waals surface area contributed by atoms with Crippen molar-refractivity contribution in [3.63, 3.8) is 0 Å². The summed E-state index contributed by atoms with van der Waals surface area (Å²) in [6.45, 7) is 2.13. The van der Waals surface area contributed by atoms with E-state index in [0.29, 0.717) is 22.1 Å². The molecule has 0 aliphatic carbocycles. The number of unbranched alkanes of at least 4 members (excludes halogenated alkanes) is 3. The number of thioether (sulfide) groups is 1. The number of carbonyl (C=O) groups is 3. The summed E-state index contributed by atoms with van der Waals surface area (Å²) in [5, 5.41) is 2.42. The molecule has 1 fully saturated rings. The van der Waals surface area contributed by atoms with Gasteiger partial charge in [0.1, 0.15) is 10.9 Å². The van der Waals surface area contributed by atoms with Gasteiger partial charge < -0.3 is 5.32 Å². The highest BCUT2D eigenvalue weighted by molar-refractivity contribution is 8.26. The summed E-state index contributed by atoms with van der Waals surface area (Å²) in [6.07, 6.45) is -0.670. The summed E-state index contributed by atoms with van der Waals surface area (Å²) in [7, 11) is 0. The van der Waals surface area contributed by atoms with E-state index in [1.807, 2.05) is 0 Å². The Morgan fingerprint density at radius 3 is 2.49 bits per heavy atom. The van der Waals surface area contributed by atoms with Crippen LogP contribution < -0.4 is 10.2 Å². The van der Waals surface area contributed by atoms with E-state index in [0.717, 1.165) is 49.6 Å². The molecule has 3 amide bonds. The number of halogens is 3. The number of amides is 3. The molecule has 6 nitrogen and oxygen atoms in total. The molecule has 4 rings (SSSR count). The predicted molar refractivity (Wildman–Crippen MR) is 142 cm³/mol. The van der Waals surface area contributed by atoms with Crippen molar-refractivity contribution in [3.8, 4) is 0 Å². The molecular weight excluding hydrogens is 523 g/mol. The van der Waals surface area contributed by atoms with Crippen molar-refractivity contribution in [2.24, 2.45) is 0 Å². The van der Waals surface area contributed by atoms with Crippen LogP contribution in [0.15, 0.2) is 53.4 Å². The second kappa shape index (κ2) is 11.1. The smallest absolute Gasteiger partial charge is 0.325 e. The number of hydrogen-bond acceptors (Lipinski definition) is 5. The van der Waals surface area contributed by atoms with Crippen LogP contribution in [0.25, 0.3) is 5.57 Å². The molecule has 0 atom stereocenters. The number of alkyl halides is 3. The fourth-order valence-corrected chi connectivity index (χ4v) is 5.59. The van der Waals surface area contributed by atoms with E-state index < -0.39 is 30.1 Å². The maximum atomic E-state index is 13.5. The molecule has 2 heterocycles. The van der Waals surface area contributed by atoms with E-state index in [1.54, 1.807) is 24.3 Å². The SMILES string of the molecule is CCCCCCN1C(=O)C(=C2C(=O)N(CC(=O)Nc3cccc(C(F)(F)F)c3)c3ccccc32)SC1=S. The molecule has 0 spiro atoms. The minimum atomic E-state index is -4.55. The van der Waals surface area contributed by atoms with E-state index >= 15 is 0 Å². The van der Waals surface area contributed by atoms with Gasteiger partial charge in [-0.3, -0.25) is 24.2 Å². The van der Waals surface area contributed by atoms with Gasteiger partial charge in [0.25, 0.3) is 11.8 Å². The third-order valence-corrected chi connectivity index (χ3v) is 7.46. The third kappa shape index (κ3) is 5.72. The number of para-hydroxylation sites is 1. The van der Waals surface area contributed by atoms with Crippen molar-refractivity contribution < 1.29 is 27.6 Å². The number of nitrogens with one attached hydrogen (secondary N) is 1. The Hall–Kier alpha value is -3.18. The van der Waals surface area contributed by atoms with Crippen LogP contribution in [0.1, 0.15) is 43.7 Å². The quantitative estimate of drug-likeness (QED) is 0.255. The number of nitrogens with zero attached hydrogens (tertiary/aromatic N) is 2. The average molecular weight is 548 g/mol. The number of thiocarbonyl (C=S) groups is 1. The minimum absolute atomic E-state index is 0.0380. The summed E-state index contributed by atoms with van der Waals surface area (Å²) in [6, 6.07) is 11.0. The number of benzene rings is 2. The molecule has 2 aliphatic rings. The van der Waals surface area contributed by atoms with E-state index in [4.69, 9.17) is 12.2 Å². The molecule has 0 unspecified atom stereocenters. The van der Waals surface area contributed by atoms with Crippen LogP contribution in [0.2, 0.25) is 0 Å². The zero-order valence-corrected chi connectivity index (χ0v) is 21.6. The first-order chi connectivity index (χ1) is 17.6. The molecule has 0 bridgehead atoms. The van der Waals surface area contributed by atoms with Crippen molar-refractivity contribution in [1.82, 2.24) is 4.90 Å². The number of rotatable bonds is 8. The van der Waals surface area contributed by atoms with Crippen molar-refractivity contribution in [3.05, 3.63) is 64.6 Å². The van der Waals surface area contributed by atoms with Gasteiger partial charge in [0.05, 0.1) is 21.7 Å². The largest absolute Gasteiger partial charge is 0.416 e. The Morgan fingerprint density at radius 2 is 1.76 bits per heavy atom. The number of fused-ring (bicyclic) bond motifs is 1. The molecule has 2 aliphatic heterocycles. The number of anilines is 2. The summed E-state index contributed by atoms with van der Waals surface area (Å²) in [5.74, 6) is -1.54. The normalized spacial score (nSPS) is 17.6. The van der Waals surface area contributed by atoms with Crippen LogP contribution in [0, 0.1) is 0 Å². The molecule has 37 heavy (non-hydrogen) atoms. The van der Waals surface area contributed by atoms with Crippen LogP contribution >= 0.6 is 24.0 Å².